The van der Waals surface area contributed by atoms with Crippen molar-refractivity contribution in [2.75, 3.05) is 37.7 Å². The number of fused-ring (bicyclic) bond motifs is 2. The molecule has 5 atom stereocenters. The molecular weight excluding hydrogens is 570 g/mol. The summed E-state index contributed by atoms with van der Waals surface area (Å²) >= 11 is 0. The van der Waals surface area contributed by atoms with Crippen LogP contribution in [0.5, 0.6) is 5.75 Å². The van der Waals surface area contributed by atoms with Gasteiger partial charge in [0.15, 0.2) is 0 Å². The van der Waals surface area contributed by atoms with Crippen LogP contribution in [0.15, 0.2) is 78.9 Å². The van der Waals surface area contributed by atoms with Gasteiger partial charge in [-0.05, 0) is 62.4 Å². The van der Waals surface area contributed by atoms with Crippen molar-refractivity contribution in [1.29, 1.82) is 0 Å². The first-order valence-corrected chi connectivity index (χ1v) is 16.2. The highest BCUT2D eigenvalue weighted by molar-refractivity contribution is 6.04. The lowest BCUT2D eigenvalue weighted by atomic mass is 9.73. The van der Waals surface area contributed by atoms with Crippen LogP contribution in [0, 0.1) is 11.8 Å². The number of rotatable bonds is 11. The molecule has 4 heterocycles. The zero-order valence-electron chi connectivity index (χ0n) is 26.1. The van der Waals surface area contributed by atoms with Crippen LogP contribution in [0.1, 0.15) is 45.1 Å². The fraction of sp³-hybridized carbons (Fsp3) is 0.472. The average Bonchev–Trinajstić information content (AvgIpc) is 3.34. The number of carbonyl (C=O) groups is 3. The van der Waals surface area contributed by atoms with Gasteiger partial charge in [-0.2, -0.15) is 0 Å². The maximum Gasteiger partial charge on any atom is 0.249 e. The normalized spacial score (nSPS) is 29.0. The Hall–Kier alpha value is -3.95. The van der Waals surface area contributed by atoms with E-state index in [9.17, 15) is 19.5 Å². The summed E-state index contributed by atoms with van der Waals surface area (Å²) in [6, 6.07) is 16.3. The standard InChI is InChI=1S/C36H43N3O6/c1-3-35-19-11-23-38(27-15-17-28(18-16-27)44-4-2)32(41)29(35)30-33(42)39(22-9-6-10-24-40)31-34(43)37(21-12-20-36(30,31)45-35)25-26-13-7-5-8-14-26/h5,7-8,11-20,29-31,40H,3-4,6,9-10,21-25H2,1-2H3/t29-,30+,31?,35+,36+/m1/s1. The topological polar surface area (TPSA) is 99.6 Å². The molecule has 2 fully saturated rings. The second-order valence-electron chi connectivity index (χ2n) is 12.3. The van der Waals surface area contributed by atoms with Gasteiger partial charge < -0.3 is 29.3 Å². The Bertz CT molecular complexity index is 1460. The van der Waals surface area contributed by atoms with Crippen LogP contribution in [0.3, 0.4) is 0 Å². The number of unbranched alkanes of at least 4 members (excludes halogenated alkanes) is 2. The summed E-state index contributed by atoms with van der Waals surface area (Å²) in [5.41, 5.74) is -0.626. The van der Waals surface area contributed by atoms with Gasteiger partial charge in [0.1, 0.15) is 17.4 Å². The summed E-state index contributed by atoms with van der Waals surface area (Å²) in [5.74, 6) is -1.55. The zero-order chi connectivity index (χ0) is 31.6. The summed E-state index contributed by atoms with van der Waals surface area (Å²) in [6.45, 7) is 5.99. The van der Waals surface area contributed by atoms with E-state index in [-0.39, 0.29) is 24.3 Å². The molecule has 4 aliphatic rings. The molecule has 3 amide bonds. The highest BCUT2D eigenvalue weighted by Crippen LogP contribution is 2.58. The highest BCUT2D eigenvalue weighted by Gasteiger charge is 2.75. The lowest BCUT2D eigenvalue weighted by Crippen LogP contribution is -2.56. The van der Waals surface area contributed by atoms with Gasteiger partial charge in [0.2, 0.25) is 17.7 Å². The van der Waals surface area contributed by atoms with Gasteiger partial charge >= 0.3 is 0 Å². The van der Waals surface area contributed by atoms with Gasteiger partial charge in [0, 0.05) is 38.5 Å². The average molecular weight is 614 g/mol. The lowest BCUT2D eigenvalue weighted by molar-refractivity contribution is -0.152. The van der Waals surface area contributed by atoms with E-state index < -0.39 is 29.1 Å². The number of nitrogens with zero attached hydrogens (tertiary/aromatic N) is 3. The maximum absolute atomic E-state index is 14.7. The number of hydrogen-bond acceptors (Lipinski definition) is 6. The van der Waals surface area contributed by atoms with E-state index in [2.05, 4.69) is 0 Å². The van der Waals surface area contributed by atoms with E-state index in [1.54, 1.807) is 14.7 Å². The zero-order valence-corrected chi connectivity index (χ0v) is 26.1. The molecule has 2 aromatic rings. The molecule has 1 unspecified atom stereocenters. The van der Waals surface area contributed by atoms with Crippen LogP contribution in [-0.2, 0) is 25.7 Å². The van der Waals surface area contributed by atoms with Crippen LogP contribution < -0.4 is 9.64 Å². The van der Waals surface area contributed by atoms with Gasteiger partial charge in [0.25, 0.3) is 0 Å². The molecule has 0 aliphatic carbocycles. The monoisotopic (exact) mass is 613 g/mol. The molecule has 0 aromatic heterocycles. The number of carbonyl (C=O) groups excluding carboxylic acids is 3. The molecular formula is C36H43N3O6. The van der Waals surface area contributed by atoms with Crippen LogP contribution >= 0.6 is 0 Å². The third-order valence-electron chi connectivity index (χ3n) is 9.76. The SMILES string of the molecule is CCOc1ccc(N2CC=C[C@]3(CC)O[C@]45C=CCN(Cc6ccccc6)C(=O)C4N(CCCCCO)C(=O)[C@@H]5[C@@H]3C2=O)cc1. The number of amides is 3. The molecule has 1 N–H and O–H groups in total. The van der Waals surface area contributed by atoms with Gasteiger partial charge in [0.05, 0.1) is 24.0 Å². The van der Waals surface area contributed by atoms with Gasteiger partial charge in [-0.1, -0.05) is 61.6 Å². The predicted molar refractivity (Wildman–Crippen MR) is 170 cm³/mol. The van der Waals surface area contributed by atoms with Crippen molar-refractivity contribution in [3.05, 3.63) is 84.5 Å². The molecule has 238 valence electrons. The number of hydrogen-bond donors (Lipinski definition) is 1. The van der Waals surface area contributed by atoms with Crippen molar-refractivity contribution in [3.8, 4) is 5.75 Å². The second-order valence-corrected chi connectivity index (χ2v) is 12.3. The molecule has 4 aliphatic heterocycles. The first kappa shape index (κ1) is 31.0. The van der Waals surface area contributed by atoms with Gasteiger partial charge in [-0.3, -0.25) is 14.4 Å². The molecule has 0 radical (unpaired) electrons. The van der Waals surface area contributed by atoms with Crippen molar-refractivity contribution in [1.82, 2.24) is 9.80 Å². The third-order valence-corrected chi connectivity index (χ3v) is 9.76. The number of aliphatic hydroxyl groups is 1. The Kier molecular flexibility index (Phi) is 8.84. The highest BCUT2D eigenvalue weighted by atomic mass is 16.5. The summed E-state index contributed by atoms with van der Waals surface area (Å²) in [7, 11) is 0. The first-order chi connectivity index (χ1) is 21.9. The molecule has 9 heteroatoms. The molecule has 6 rings (SSSR count). The van der Waals surface area contributed by atoms with E-state index in [4.69, 9.17) is 9.47 Å². The Morgan fingerprint density at radius 3 is 2.33 bits per heavy atom. The Labute approximate surface area is 265 Å². The summed E-state index contributed by atoms with van der Waals surface area (Å²) < 4.78 is 12.7. The smallest absolute Gasteiger partial charge is 0.249 e. The summed E-state index contributed by atoms with van der Waals surface area (Å²) in [4.78, 5) is 49.1. The minimum absolute atomic E-state index is 0.0723. The lowest BCUT2D eigenvalue weighted by Gasteiger charge is -2.38. The van der Waals surface area contributed by atoms with Crippen LogP contribution in [-0.4, -0.2) is 82.7 Å². The molecule has 2 aromatic carbocycles. The third kappa shape index (κ3) is 5.36. The molecule has 0 bridgehead atoms. The largest absolute Gasteiger partial charge is 0.494 e. The number of likely N-dealkylation sites (tertiary alicyclic amines) is 1. The molecule has 9 nitrogen and oxygen atoms in total. The van der Waals surface area contributed by atoms with E-state index in [1.807, 2.05) is 92.7 Å². The van der Waals surface area contributed by atoms with Gasteiger partial charge in [-0.15, -0.1) is 0 Å². The predicted octanol–water partition coefficient (Wildman–Crippen LogP) is 4.11. The number of aliphatic hydroxyl groups excluding tert-OH is 1. The van der Waals surface area contributed by atoms with E-state index in [1.165, 1.54) is 0 Å². The van der Waals surface area contributed by atoms with Crippen LogP contribution in [0.2, 0.25) is 0 Å². The van der Waals surface area contributed by atoms with Crippen LogP contribution in [0.25, 0.3) is 0 Å². The van der Waals surface area contributed by atoms with E-state index >= 15 is 0 Å². The quantitative estimate of drug-likeness (QED) is 0.303. The van der Waals surface area contributed by atoms with Crippen molar-refractivity contribution in [2.45, 2.75) is 63.3 Å². The fourth-order valence-electron chi connectivity index (χ4n) is 7.68. The fourth-order valence-corrected chi connectivity index (χ4v) is 7.68. The Morgan fingerprint density at radius 2 is 1.62 bits per heavy atom. The Morgan fingerprint density at radius 1 is 0.867 bits per heavy atom. The van der Waals surface area contributed by atoms with Crippen molar-refractivity contribution in [3.63, 3.8) is 0 Å². The molecule has 45 heavy (non-hydrogen) atoms. The number of ether oxygens (including phenoxy) is 2. The Balaban J connectivity index is 1.40. The maximum atomic E-state index is 14.7. The summed E-state index contributed by atoms with van der Waals surface area (Å²) in [6.07, 6.45) is 10.2. The van der Waals surface area contributed by atoms with E-state index in [0.717, 1.165) is 17.7 Å². The van der Waals surface area contributed by atoms with Crippen molar-refractivity contribution >= 4 is 23.4 Å². The minimum atomic E-state index is -1.29. The minimum Gasteiger partial charge on any atom is -0.494 e. The molecule has 1 spiro atoms. The van der Waals surface area contributed by atoms with Crippen molar-refractivity contribution in [2.24, 2.45) is 11.8 Å². The second kappa shape index (κ2) is 12.8. The molecule has 2 saturated heterocycles. The first-order valence-electron chi connectivity index (χ1n) is 16.2. The van der Waals surface area contributed by atoms with E-state index in [0.29, 0.717) is 57.7 Å². The molecule has 0 saturated carbocycles. The summed E-state index contributed by atoms with van der Waals surface area (Å²) in [5, 5.41) is 9.36. The number of benzene rings is 2. The van der Waals surface area contributed by atoms with Gasteiger partial charge in [-0.25, -0.2) is 0 Å². The van der Waals surface area contributed by atoms with Crippen LogP contribution in [0.4, 0.5) is 5.69 Å². The van der Waals surface area contributed by atoms with Crippen molar-refractivity contribution < 1.29 is 29.0 Å². The number of anilines is 1.